The first kappa shape index (κ1) is 30.2. The smallest absolute Gasteiger partial charge is 0.386 e. The summed E-state index contributed by atoms with van der Waals surface area (Å²) in [6, 6.07) is 0. The number of aliphatic hydroxyl groups excluding tert-OH is 2. The third-order valence-corrected chi connectivity index (χ3v) is 10.4. The number of thiol groups is 1. The minimum absolute atomic E-state index is 0.106. The lowest BCUT2D eigenvalue weighted by Gasteiger charge is -2.29. The number of rotatable bonds is 2. The van der Waals surface area contributed by atoms with Crippen molar-refractivity contribution < 1.29 is 47.2 Å². The lowest BCUT2D eigenvalue weighted by atomic mass is 10.1. The highest BCUT2D eigenvalue weighted by atomic mass is 32.7. The van der Waals surface area contributed by atoms with E-state index in [-0.39, 0.29) is 34.0 Å². The molecule has 0 aromatic carbocycles. The van der Waals surface area contributed by atoms with E-state index in [4.69, 9.17) is 50.8 Å². The summed E-state index contributed by atoms with van der Waals surface area (Å²) < 4.78 is 50.6. The van der Waals surface area contributed by atoms with E-state index < -0.39 is 75.8 Å². The summed E-state index contributed by atoms with van der Waals surface area (Å²) in [5.41, 5.74) is 12.8. The van der Waals surface area contributed by atoms with Crippen molar-refractivity contribution in [2.75, 3.05) is 24.7 Å². The molecule has 3 saturated heterocycles. The number of imidazole rings is 2. The highest BCUT2D eigenvalue weighted by Gasteiger charge is 2.53. The normalized spacial score (nSPS) is 38.3. The molecule has 3 aliphatic rings. The fourth-order valence-corrected chi connectivity index (χ4v) is 8.18. The van der Waals surface area contributed by atoms with Crippen molar-refractivity contribution in [3.05, 3.63) is 25.3 Å². The molecule has 7 rings (SSSR count). The number of anilines is 2. The molecule has 44 heavy (non-hydrogen) atoms. The first-order valence-corrected chi connectivity index (χ1v) is 18.1. The second-order valence-electron chi connectivity index (χ2n) is 9.95. The van der Waals surface area contributed by atoms with E-state index in [1.807, 2.05) is 0 Å². The van der Waals surface area contributed by atoms with Gasteiger partial charge in [-0.3, -0.25) is 22.7 Å². The molecule has 0 amide bonds. The molecule has 236 valence electrons. The molecule has 7 N–H and O–H groups in total. The van der Waals surface area contributed by atoms with Gasteiger partial charge < -0.3 is 40.6 Å². The van der Waals surface area contributed by atoms with E-state index >= 15 is 0 Å². The first-order valence-electron chi connectivity index (χ1n) is 12.8. The molecule has 3 fully saturated rings. The largest absolute Gasteiger partial charge is 0.386 e. The molecular weight excluding hydrogens is 666 g/mol. The van der Waals surface area contributed by atoms with Gasteiger partial charge in [0.15, 0.2) is 35.4 Å². The molecule has 0 spiro atoms. The lowest BCUT2D eigenvalue weighted by Crippen LogP contribution is -2.38. The number of aliphatic hydroxyl groups is 2. The maximum atomic E-state index is 13.4. The van der Waals surface area contributed by atoms with E-state index in [1.54, 1.807) is 0 Å². The fourth-order valence-electron chi connectivity index (χ4n) is 5.24. The molecule has 0 radical (unpaired) electrons. The molecule has 24 heteroatoms. The van der Waals surface area contributed by atoms with Crippen molar-refractivity contribution in [2.24, 2.45) is 0 Å². The molecule has 7 heterocycles. The second-order valence-corrected chi connectivity index (χ2v) is 15.6. The summed E-state index contributed by atoms with van der Waals surface area (Å²) in [7, 11) is 0. The molecule has 20 nitrogen and oxygen atoms in total. The van der Waals surface area contributed by atoms with Gasteiger partial charge in [-0.15, -0.1) is 0 Å². The van der Waals surface area contributed by atoms with Gasteiger partial charge in [0.2, 0.25) is 0 Å². The predicted molar refractivity (Wildman–Crippen MR) is 154 cm³/mol. The zero-order valence-corrected chi connectivity index (χ0v) is 25.5. The van der Waals surface area contributed by atoms with Crippen LogP contribution in [0.4, 0.5) is 11.6 Å². The van der Waals surface area contributed by atoms with Crippen LogP contribution in [-0.4, -0.2) is 104 Å². The summed E-state index contributed by atoms with van der Waals surface area (Å²) in [5, 5.41) is 22.5. The molecule has 0 saturated carbocycles. The molecule has 0 bridgehead atoms. The molecule has 4 aromatic rings. The zero-order chi connectivity index (χ0) is 31.0. The maximum Gasteiger partial charge on any atom is 0.386 e. The van der Waals surface area contributed by atoms with Crippen LogP contribution in [-0.2, 0) is 43.9 Å². The highest BCUT2D eigenvalue weighted by molar-refractivity contribution is 8.44. The minimum atomic E-state index is -4.26. The minimum Gasteiger partial charge on any atom is -0.386 e. The van der Waals surface area contributed by atoms with Crippen LogP contribution in [0.25, 0.3) is 22.3 Å². The predicted octanol–water partition coefficient (Wildman–Crippen LogP) is -0.581. The van der Waals surface area contributed by atoms with Gasteiger partial charge in [-0.2, -0.15) is 0 Å². The molecule has 3 aliphatic heterocycles. The van der Waals surface area contributed by atoms with Crippen molar-refractivity contribution in [3.63, 3.8) is 0 Å². The Morgan fingerprint density at radius 3 is 1.82 bits per heavy atom. The van der Waals surface area contributed by atoms with Crippen LogP contribution in [0, 0.1) is 0 Å². The van der Waals surface area contributed by atoms with Crippen LogP contribution in [0.2, 0.25) is 0 Å². The Labute approximate surface area is 256 Å². The SMILES string of the molecule is Nc1ncnc2c1ncn2[C@@H]1O[C@H]2COP(O)(=S)OC3C(O)[C@H](n4cnc5c(N)ncnc54)O[C@@H]3COP(=O)(S)OC2C1O. The number of nitrogens with zero attached hydrogens (tertiary/aromatic N) is 8. The van der Waals surface area contributed by atoms with E-state index in [0.717, 1.165) is 0 Å². The van der Waals surface area contributed by atoms with Gasteiger partial charge in [0.1, 0.15) is 60.3 Å². The monoisotopic (exact) mass is 690 g/mol. The van der Waals surface area contributed by atoms with Crippen LogP contribution in [0.1, 0.15) is 12.5 Å². The molecule has 4 aromatic heterocycles. The van der Waals surface area contributed by atoms with E-state index in [9.17, 15) is 19.7 Å². The van der Waals surface area contributed by atoms with Gasteiger partial charge in [0, 0.05) is 0 Å². The quantitative estimate of drug-likeness (QED) is 0.113. The summed E-state index contributed by atoms with van der Waals surface area (Å²) in [6.45, 7) is -9.39. The summed E-state index contributed by atoms with van der Waals surface area (Å²) >= 11 is 9.33. The number of fused-ring (bicyclic) bond motifs is 4. The molecular formula is C20H24N10O10P2S2. The van der Waals surface area contributed by atoms with Gasteiger partial charge in [0.05, 0.1) is 25.9 Å². The Balaban J connectivity index is 1.17. The summed E-state index contributed by atoms with van der Waals surface area (Å²) in [6.07, 6.45) is -5.32. The van der Waals surface area contributed by atoms with Crippen LogP contribution >= 0.6 is 25.8 Å². The Hall–Kier alpha value is -2.43. The average Bonchev–Trinajstić information content (AvgIpc) is 3.73. The Morgan fingerprint density at radius 1 is 0.818 bits per heavy atom. The van der Waals surface area contributed by atoms with Crippen LogP contribution in [0.15, 0.2) is 25.3 Å². The molecule has 10 atom stereocenters. The zero-order valence-electron chi connectivity index (χ0n) is 22.0. The van der Waals surface area contributed by atoms with E-state index in [0.29, 0.717) is 0 Å². The highest BCUT2D eigenvalue weighted by Crippen LogP contribution is 2.58. The van der Waals surface area contributed by atoms with Crippen molar-refractivity contribution in [3.8, 4) is 0 Å². The Kier molecular flexibility index (Phi) is 7.64. The lowest BCUT2D eigenvalue weighted by molar-refractivity contribution is -0.0577. The first-order chi connectivity index (χ1) is 20.9. The van der Waals surface area contributed by atoms with Crippen molar-refractivity contribution in [1.29, 1.82) is 0 Å². The maximum absolute atomic E-state index is 13.4. The Morgan fingerprint density at radius 2 is 1.30 bits per heavy atom. The van der Waals surface area contributed by atoms with Gasteiger partial charge in [-0.25, -0.2) is 34.5 Å². The third kappa shape index (κ3) is 5.28. The van der Waals surface area contributed by atoms with Crippen molar-refractivity contribution >= 4 is 71.5 Å². The number of ether oxygens (including phenoxy) is 2. The van der Waals surface area contributed by atoms with Gasteiger partial charge in [-0.05, 0) is 11.8 Å². The van der Waals surface area contributed by atoms with Crippen LogP contribution < -0.4 is 11.5 Å². The van der Waals surface area contributed by atoms with Gasteiger partial charge in [0.25, 0.3) is 0 Å². The van der Waals surface area contributed by atoms with E-state index in [2.05, 4.69) is 42.2 Å². The third-order valence-electron chi connectivity index (χ3n) is 7.26. The van der Waals surface area contributed by atoms with Crippen LogP contribution in [0.3, 0.4) is 0 Å². The summed E-state index contributed by atoms with van der Waals surface area (Å²) in [5.74, 6) is 0.213. The topological polar surface area (TPSA) is 272 Å². The molecule has 0 aliphatic carbocycles. The average molecular weight is 691 g/mol. The standard InChI is InChI=1S/C20H24N10O10P2S2/c21-15-9-17(25-3-23-15)29(5-27-9)19-11(31)13-7(37-19)1-35-41(33,43)40-14-8(2-36-42(34,44)39-13)38-20(12(14)32)30-6-28-10-16(22)24-4-26-18(10)30/h3-8,11-14,19-20,31-32H,1-2H2,(H,33,43)(H,34,44)(H2,21,23,25)(H2,22,24,26)/t7-,8+,11?,12?,13?,14?,19-,20-,41?,42?/m1/s1. The second kappa shape index (κ2) is 11.1. The number of nitrogens with two attached hydrogens (primary N) is 2. The summed E-state index contributed by atoms with van der Waals surface area (Å²) in [4.78, 5) is 35.4. The van der Waals surface area contributed by atoms with Crippen molar-refractivity contribution in [2.45, 2.75) is 49.1 Å². The van der Waals surface area contributed by atoms with Crippen LogP contribution in [0.5, 0.6) is 0 Å². The number of hydrogen-bond acceptors (Lipinski definition) is 18. The van der Waals surface area contributed by atoms with Gasteiger partial charge in [-0.1, -0.05) is 12.2 Å². The Bertz CT molecular complexity index is 1700. The number of hydrogen-bond donors (Lipinski definition) is 6. The van der Waals surface area contributed by atoms with Gasteiger partial charge >= 0.3 is 13.5 Å². The van der Waals surface area contributed by atoms with E-state index in [1.165, 1.54) is 34.4 Å². The fraction of sp³-hybridized carbons (Fsp3) is 0.500. The number of aromatic nitrogens is 8. The molecule has 6 unspecified atom stereocenters. The van der Waals surface area contributed by atoms with Crippen molar-refractivity contribution in [1.82, 2.24) is 39.0 Å². The number of nitrogen functional groups attached to an aromatic ring is 2.